The maximum atomic E-state index is 12.8. The molecular weight excluding hydrogens is 416 g/mol. The van der Waals surface area contributed by atoms with Crippen molar-refractivity contribution in [3.05, 3.63) is 79.7 Å². The fourth-order valence-electron chi connectivity index (χ4n) is 2.74. The Balaban J connectivity index is 1.93. The van der Waals surface area contributed by atoms with Gasteiger partial charge in [-0.1, -0.05) is 68.3 Å². The van der Waals surface area contributed by atoms with Crippen LogP contribution in [-0.4, -0.2) is 5.78 Å². The minimum absolute atomic E-state index is 0.169. The topological polar surface area (TPSA) is 17.1 Å². The number of Topliss-reactive ketones (excluding diaryl/α,β-unsaturated/α-hetero) is 1. The molecule has 0 radical (unpaired) electrons. The van der Waals surface area contributed by atoms with Crippen LogP contribution in [0.1, 0.15) is 30.4 Å². The minimum atomic E-state index is 0.169. The Hall–Kier alpha value is -1.45. The van der Waals surface area contributed by atoms with E-state index in [0.717, 1.165) is 50.5 Å². The molecule has 0 bridgehead atoms. The smallest absolute Gasteiger partial charge is 0.185 e. The third-order valence-electron chi connectivity index (χ3n) is 3.95. The summed E-state index contributed by atoms with van der Waals surface area (Å²) in [6.07, 6.45) is 6.72. The zero-order valence-corrected chi connectivity index (χ0v) is 15.7. The van der Waals surface area contributed by atoms with Crippen LogP contribution in [0.5, 0.6) is 0 Å². The third-order valence-corrected chi connectivity index (χ3v) is 5.39. The number of benzene rings is 2. The second kappa shape index (κ2) is 7.41. The maximum absolute atomic E-state index is 12.8. The number of carbonyl (C=O) groups is 1. The Bertz CT molecular complexity index is 737. The number of allylic oxidation sites excluding steroid dienone is 2. The van der Waals surface area contributed by atoms with Gasteiger partial charge in [-0.05, 0) is 54.7 Å². The zero-order valence-electron chi connectivity index (χ0n) is 12.6. The largest absolute Gasteiger partial charge is 0.289 e. The first kappa shape index (κ1) is 16.4. The molecule has 3 rings (SSSR count). The lowest BCUT2D eigenvalue weighted by atomic mass is 9.87. The maximum Gasteiger partial charge on any atom is 0.185 e. The summed E-state index contributed by atoms with van der Waals surface area (Å²) in [6, 6.07) is 16.0. The van der Waals surface area contributed by atoms with E-state index in [2.05, 4.69) is 31.9 Å². The Kier molecular flexibility index (Phi) is 5.29. The second-order valence-electron chi connectivity index (χ2n) is 5.56. The summed E-state index contributed by atoms with van der Waals surface area (Å²) in [6.45, 7) is 0. The quantitative estimate of drug-likeness (QED) is 0.500. The van der Waals surface area contributed by atoms with Crippen LogP contribution in [0.15, 0.2) is 68.6 Å². The van der Waals surface area contributed by atoms with Gasteiger partial charge in [0, 0.05) is 20.1 Å². The highest BCUT2D eigenvalue weighted by Gasteiger charge is 2.20. The predicted octanol–water partition coefficient (Wildman–Crippen LogP) is 6.43. The molecule has 0 spiro atoms. The second-order valence-corrected chi connectivity index (χ2v) is 7.27. The Morgan fingerprint density at radius 1 is 0.739 bits per heavy atom. The first-order valence-electron chi connectivity index (χ1n) is 7.60. The monoisotopic (exact) mass is 430 g/mol. The molecule has 0 N–H and O–H groups in total. The normalized spacial score (nSPS) is 18.6. The molecule has 0 heterocycles. The average molecular weight is 432 g/mol. The summed E-state index contributed by atoms with van der Waals surface area (Å²) in [5.41, 5.74) is 3.89. The third kappa shape index (κ3) is 3.91. The van der Waals surface area contributed by atoms with Crippen molar-refractivity contribution in [3.63, 3.8) is 0 Å². The molecule has 1 aliphatic rings. The zero-order chi connectivity index (χ0) is 16.2. The molecule has 2 aromatic carbocycles. The fraction of sp³-hybridized carbons (Fsp3) is 0.150. The molecule has 23 heavy (non-hydrogen) atoms. The highest BCUT2D eigenvalue weighted by Crippen LogP contribution is 2.30. The van der Waals surface area contributed by atoms with Gasteiger partial charge in [0.15, 0.2) is 5.78 Å². The van der Waals surface area contributed by atoms with Crippen molar-refractivity contribution in [2.45, 2.75) is 19.3 Å². The number of ketones is 1. The molecule has 0 saturated heterocycles. The van der Waals surface area contributed by atoms with Crippen LogP contribution in [-0.2, 0) is 4.79 Å². The van der Waals surface area contributed by atoms with Crippen molar-refractivity contribution in [2.24, 2.45) is 0 Å². The first-order chi connectivity index (χ1) is 11.1. The van der Waals surface area contributed by atoms with Gasteiger partial charge in [-0.25, -0.2) is 0 Å². The van der Waals surface area contributed by atoms with Gasteiger partial charge in [-0.2, -0.15) is 0 Å². The van der Waals surface area contributed by atoms with E-state index in [1.54, 1.807) is 0 Å². The molecule has 0 aliphatic heterocycles. The molecule has 1 aliphatic carbocycles. The predicted molar refractivity (Wildman–Crippen MR) is 103 cm³/mol. The van der Waals surface area contributed by atoms with Crippen LogP contribution in [0, 0.1) is 0 Å². The summed E-state index contributed by atoms with van der Waals surface area (Å²) in [4.78, 5) is 12.8. The van der Waals surface area contributed by atoms with Gasteiger partial charge >= 0.3 is 0 Å². The molecule has 0 aromatic heterocycles. The van der Waals surface area contributed by atoms with Crippen molar-refractivity contribution in [1.82, 2.24) is 0 Å². The van der Waals surface area contributed by atoms with Crippen LogP contribution >= 0.6 is 31.9 Å². The lowest BCUT2D eigenvalue weighted by molar-refractivity contribution is -0.112. The summed E-state index contributed by atoms with van der Waals surface area (Å²) >= 11 is 7.09. The molecular formula is C20H16Br2O. The molecule has 3 heteroatoms. The van der Waals surface area contributed by atoms with Gasteiger partial charge in [0.05, 0.1) is 0 Å². The highest BCUT2D eigenvalue weighted by atomic mass is 79.9. The van der Waals surface area contributed by atoms with E-state index in [0.29, 0.717) is 0 Å². The Morgan fingerprint density at radius 3 is 1.61 bits per heavy atom. The number of halogens is 2. The number of rotatable bonds is 2. The van der Waals surface area contributed by atoms with Gasteiger partial charge in [-0.3, -0.25) is 4.79 Å². The number of hydrogen-bond acceptors (Lipinski definition) is 1. The minimum Gasteiger partial charge on any atom is -0.289 e. The molecule has 2 aromatic rings. The first-order valence-corrected chi connectivity index (χ1v) is 9.18. The van der Waals surface area contributed by atoms with Crippen LogP contribution in [0.2, 0.25) is 0 Å². The van der Waals surface area contributed by atoms with Crippen LogP contribution in [0.25, 0.3) is 12.2 Å². The summed E-state index contributed by atoms with van der Waals surface area (Å²) in [5.74, 6) is 0.169. The van der Waals surface area contributed by atoms with Crippen molar-refractivity contribution in [1.29, 1.82) is 0 Å². The van der Waals surface area contributed by atoms with Gasteiger partial charge < -0.3 is 0 Å². The van der Waals surface area contributed by atoms with E-state index in [9.17, 15) is 4.79 Å². The van der Waals surface area contributed by atoms with E-state index >= 15 is 0 Å². The van der Waals surface area contributed by atoms with E-state index in [-0.39, 0.29) is 5.78 Å². The fourth-order valence-corrected chi connectivity index (χ4v) is 3.54. The average Bonchev–Trinajstić information content (AvgIpc) is 2.55. The molecule has 0 atom stereocenters. The lowest BCUT2D eigenvalue weighted by Gasteiger charge is -2.17. The van der Waals surface area contributed by atoms with Crippen molar-refractivity contribution in [2.75, 3.05) is 0 Å². The van der Waals surface area contributed by atoms with Gasteiger partial charge in [0.2, 0.25) is 0 Å². The van der Waals surface area contributed by atoms with E-state index in [1.807, 2.05) is 60.7 Å². The standard InChI is InChI=1S/C20H16Br2O/c21-18-10-3-1-6-14(18)12-16-8-5-9-17(20(16)23)13-15-7-2-4-11-19(15)22/h1-4,6-7,10-13H,5,8-9H2/b16-12+,17-13+. The van der Waals surface area contributed by atoms with Gasteiger partial charge in [-0.15, -0.1) is 0 Å². The Labute approximate surface area is 153 Å². The van der Waals surface area contributed by atoms with Gasteiger partial charge in [0.25, 0.3) is 0 Å². The van der Waals surface area contributed by atoms with Crippen LogP contribution < -0.4 is 0 Å². The molecule has 0 amide bonds. The van der Waals surface area contributed by atoms with Crippen LogP contribution in [0.4, 0.5) is 0 Å². The van der Waals surface area contributed by atoms with E-state index in [1.165, 1.54) is 0 Å². The Morgan fingerprint density at radius 2 is 1.17 bits per heavy atom. The van der Waals surface area contributed by atoms with Crippen LogP contribution in [0.3, 0.4) is 0 Å². The number of hydrogen-bond donors (Lipinski definition) is 0. The number of carbonyl (C=O) groups excluding carboxylic acids is 1. The molecule has 1 saturated carbocycles. The molecule has 1 fully saturated rings. The summed E-state index contributed by atoms with van der Waals surface area (Å²) in [5, 5.41) is 0. The summed E-state index contributed by atoms with van der Waals surface area (Å²) in [7, 11) is 0. The van der Waals surface area contributed by atoms with E-state index in [4.69, 9.17) is 0 Å². The highest BCUT2D eigenvalue weighted by molar-refractivity contribution is 9.10. The summed E-state index contributed by atoms with van der Waals surface area (Å²) < 4.78 is 2.03. The van der Waals surface area contributed by atoms with Crippen molar-refractivity contribution >= 4 is 49.8 Å². The molecule has 0 unspecified atom stereocenters. The molecule has 116 valence electrons. The van der Waals surface area contributed by atoms with Crippen molar-refractivity contribution in [3.8, 4) is 0 Å². The molecule has 1 nitrogen and oxygen atoms in total. The van der Waals surface area contributed by atoms with Crippen molar-refractivity contribution < 1.29 is 4.79 Å². The van der Waals surface area contributed by atoms with Gasteiger partial charge in [0.1, 0.15) is 0 Å². The SMILES string of the molecule is O=C1/C(=C/c2ccccc2Br)CCC/C1=C\c1ccccc1Br. The lowest BCUT2D eigenvalue weighted by Crippen LogP contribution is -2.12. The van der Waals surface area contributed by atoms with E-state index < -0.39 is 0 Å².